The molecule has 0 aliphatic rings. The van der Waals surface area contributed by atoms with Gasteiger partial charge in [-0.2, -0.15) is 5.10 Å². The predicted octanol–water partition coefficient (Wildman–Crippen LogP) is 2.88. The molecule has 26 heavy (non-hydrogen) atoms. The van der Waals surface area contributed by atoms with Crippen LogP contribution in [0.15, 0.2) is 47.6 Å². The van der Waals surface area contributed by atoms with Crippen LogP contribution in [0.4, 0.5) is 5.69 Å². The van der Waals surface area contributed by atoms with E-state index in [9.17, 15) is 4.79 Å². The second-order valence-corrected chi connectivity index (χ2v) is 6.27. The number of ether oxygens (including phenoxy) is 1. The molecule has 0 aromatic heterocycles. The third-order valence-corrected chi connectivity index (χ3v) is 3.80. The van der Waals surface area contributed by atoms with E-state index >= 15 is 0 Å². The van der Waals surface area contributed by atoms with E-state index < -0.39 is 5.91 Å². The number of thiocarbonyl (C=S) groups is 1. The lowest BCUT2D eigenvalue weighted by Gasteiger charge is -2.11. The number of nitrogens with one attached hydrogen (secondary N) is 2. The van der Waals surface area contributed by atoms with Crippen molar-refractivity contribution in [3.05, 3.63) is 59.2 Å². The number of anilines is 1. The molecule has 1 amide bonds. The first-order valence-electron chi connectivity index (χ1n) is 8.05. The number of primary amides is 1. The van der Waals surface area contributed by atoms with Gasteiger partial charge in [-0.05, 0) is 74.4 Å². The minimum atomic E-state index is -0.513. The van der Waals surface area contributed by atoms with Crippen LogP contribution in [0.3, 0.4) is 0 Å². The molecule has 0 spiro atoms. The molecule has 0 heterocycles. The molecule has 2 aromatic carbocycles. The molecule has 0 bridgehead atoms. The zero-order valence-electron chi connectivity index (χ0n) is 15.0. The number of carbonyl (C=O) groups is 1. The number of hydrogen-bond donors (Lipinski definition) is 3. The van der Waals surface area contributed by atoms with Gasteiger partial charge in [0.2, 0.25) is 0 Å². The summed E-state index contributed by atoms with van der Waals surface area (Å²) in [5.74, 6) is 0.0567. The quantitative estimate of drug-likeness (QED) is 0.413. The Kier molecular flexibility index (Phi) is 6.68. The maximum absolute atomic E-state index is 10.7. The summed E-state index contributed by atoms with van der Waals surface area (Å²) in [6, 6.07) is 13.3. The summed E-state index contributed by atoms with van der Waals surface area (Å²) in [4.78, 5) is 10.7. The van der Waals surface area contributed by atoms with Gasteiger partial charge in [-0.25, -0.2) is 0 Å². The molecule has 6 nitrogen and oxygen atoms in total. The van der Waals surface area contributed by atoms with Crippen LogP contribution in [0.5, 0.6) is 5.75 Å². The normalized spacial score (nSPS) is 11.0. The monoisotopic (exact) mass is 370 g/mol. The molecule has 0 saturated heterocycles. The number of hydrazone groups is 1. The molecule has 136 valence electrons. The van der Waals surface area contributed by atoms with E-state index in [1.54, 1.807) is 12.1 Å². The maximum atomic E-state index is 10.7. The van der Waals surface area contributed by atoms with Crippen molar-refractivity contribution in [1.29, 1.82) is 0 Å². The Morgan fingerprint density at radius 1 is 1.19 bits per heavy atom. The molecular formula is C19H22N4O2S. The summed E-state index contributed by atoms with van der Waals surface area (Å²) in [5.41, 5.74) is 12.8. The molecule has 0 fully saturated rings. The highest BCUT2D eigenvalue weighted by Crippen LogP contribution is 2.16. The van der Waals surface area contributed by atoms with Gasteiger partial charge in [0.1, 0.15) is 5.75 Å². The molecule has 0 aliphatic heterocycles. The van der Waals surface area contributed by atoms with Crippen molar-refractivity contribution in [2.24, 2.45) is 10.8 Å². The van der Waals surface area contributed by atoms with Crippen LogP contribution < -0.4 is 21.2 Å². The minimum absolute atomic E-state index is 0.146. The molecule has 0 unspecified atom stereocenters. The first-order valence-corrected chi connectivity index (χ1v) is 8.46. The van der Waals surface area contributed by atoms with Gasteiger partial charge >= 0.3 is 0 Å². The number of nitrogens with zero attached hydrogens (tertiary/aromatic N) is 1. The predicted molar refractivity (Wildman–Crippen MR) is 109 cm³/mol. The number of hydrogen-bond acceptors (Lipinski definition) is 4. The van der Waals surface area contributed by atoms with E-state index in [1.807, 2.05) is 45.0 Å². The van der Waals surface area contributed by atoms with Crippen LogP contribution in [0, 0.1) is 13.8 Å². The Labute approximate surface area is 158 Å². The fourth-order valence-electron chi connectivity index (χ4n) is 2.25. The van der Waals surface area contributed by atoms with E-state index in [-0.39, 0.29) is 6.61 Å². The minimum Gasteiger partial charge on any atom is -0.484 e. The van der Waals surface area contributed by atoms with Gasteiger partial charge in [0.25, 0.3) is 5.91 Å². The molecule has 2 aromatic rings. The van der Waals surface area contributed by atoms with E-state index in [4.69, 9.17) is 22.7 Å². The summed E-state index contributed by atoms with van der Waals surface area (Å²) in [5, 5.41) is 7.83. The maximum Gasteiger partial charge on any atom is 0.255 e. The van der Waals surface area contributed by atoms with Crippen molar-refractivity contribution in [2.75, 3.05) is 11.9 Å². The van der Waals surface area contributed by atoms with E-state index in [0.29, 0.717) is 10.9 Å². The number of nitrogens with two attached hydrogens (primary N) is 1. The van der Waals surface area contributed by atoms with Gasteiger partial charge in [-0.15, -0.1) is 0 Å². The van der Waals surface area contributed by atoms with Crippen molar-refractivity contribution in [2.45, 2.75) is 20.8 Å². The van der Waals surface area contributed by atoms with Crippen molar-refractivity contribution < 1.29 is 9.53 Å². The second-order valence-electron chi connectivity index (χ2n) is 5.86. The smallest absolute Gasteiger partial charge is 0.255 e. The van der Waals surface area contributed by atoms with Gasteiger partial charge in [-0.1, -0.05) is 17.7 Å². The summed E-state index contributed by atoms with van der Waals surface area (Å²) >= 11 is 5.28. The number of rotatable bonds is 6. The lowest BCUT2D eigenvalue weighted by Crippen LogP contribution is -2.25. The summed E-state index contributed by atoms with van der Waals surface area (Å²) in [7, 11) is 0. The average molecular weight is 370 g/mol. The lowest BCUT2D eigenvalue weighted by atomic mass is 10.1. The molecule has 0 saturated carbocycles. The Bertz CT molecular complexity index is 832. The van der Waals surface area contributed by atoms with Crippen molar-refractivity contribution in [3.63, 3.8) is 0 Å². The fraction of sp³-hybridized carbons (Fsp3) is 0.211. The molecule has 7 heteroatoms. The van der Waals surface area contributed by atoms with Crippen molar-refractivity contribution in [3.8, 4) is 5.75 Å². The van der Waals surface area contributed by atoms with Gasteiger partial charge in [0.15, 0.2) is 11.7 Å². The number of aryl methyl sites for hydroxylation is 2. The molecule has 0 atom stereocenters. The van der Waals surface area contributed by atoms with E-state index in [2.05, 4.69) is 21.9 Å². The number of carbonyl (C=O) groups excluding carboxylic acids is 1. The van der Waals surface area contributed by atoms with Crippen molar-refractivity contribution in [1.82, 2.24) is 5.43 Å². The second kappa shape index (κ2) is 8.96. The first kappa shape index (κ1) is 19.4. The molecule has 0 radical (unpaired) electrons. The third kappa shape index (κ3) is 5.86. The van der Waals surface area contributed by atoms with Gasteiger partial charge < -0.3 is 15.8 Å². The zero-order chi connectivity index (χ0) is 19.1. The average Bonchev–Trinajstić information content (AvgIpc) is 2.60. The molecular weight excluding hydrogens is 348 g/mol. The zero-order valence-corrected chi connectivity index (χ0v) is 15.8. The Balaban J connectivity index is 1.94. The number of amides is 1. The van der Waals surface area contributed by atoms with Crippen LogP contribution >= 0.6 is 12.2 Å². The molecule has 2 rings (SSSR count). The summed E-state index contributed by atoms with van der Waals surface area (Å²) in [6.07, 6.45) is 0. The van der Waals surface area contributed by atoms with Crippen LogP contribution in [0.25, 0.3) is 0 Å². The first-order chi connectivity index (χ1) is 12.3. The fourth-order valence-corrected chi connectivity index (χ4v) is 2.41. The van der Waals surface area contributed by atoms with Gasteiger partial charge in [-0.3, -0.25) is 10.2 Å². The summed E-state index contributed by atoms with van der Waals surface area (Å²) in [6.45, 7) is 5.79. The highest BCUT2D eigenvalue weighted by Gasteiger charge is 2.03. The topological polar surface area (TPSA) is 88.7 Å². The Morgan fingerprint density at radius 3 is 2.50 bits per heavy atom. The van der Waals surface area contributed by atoms with Crippen LogP contribution in [0.1, 0.15) is 23.6 Å². The van der Waals surface area contributed by atoms with Gasteiger partial charge in [0, 0.05) is 5.69 Å². The van der Waals surface area contributed by atoms with E-state index in [0.717, 1.165) is 22.5 Å². The highest BCUT2D eigenvalue weighted by molar-refractivity contribution is 7.80. The SMILES string of the molecule is CC(=NNC(=S)Nc1ccc(C)cc1C)c1ccc(OCC(N)=O)cc1. The van der Waals surface area contributed by atoms with Crippen LogP contribution in [0.2, 0.25) is 0 Å². The molecule has 0 aliphatic carbocycles. The number of benzene rings is 2. The van der Waals surface area contributed by atoms with Gasteiger partial charge in [0.05, 0.1) is 5.71 Å². The van der Waals surface area contributed by atoms with E-state index in [1.165, 1.54) is 5.56 Å². The third-order valence-electron chi connectivity index (χ3n) is 3.61. The molecule has 4 N–H and O–H groups in total. The Morgan fingerprint density at radius 2 is 1.88 bits per heavy atom. The standard InChI is InChI=1S/C19H22N4O2S/c1-12-4-9-17(13(2)10-12)21-19(26)23-22-14(3)15-5-7-16(8-6-15)25-11-18(20)24/h4-10H,11H2,1-3H3,(H2,20,24)(H2,21,23,26). The highest BCUT2D eigenvalue weighted by atomic mass is 32.1. The lowest BCUT2D eigenvalue weighted by molar-refractivity contribution is -0.119. The van der Waals surface area contributed by atoms with Crippen molar-refractivity contribution >= 4 is 34.6 Å². The Hall–Kier alpha value is -2.93. The largest absolute Gasteiger partial charge is 0.484 e. The van der Waals surface area contributed by atoms with Crippen LogP contribution in [-0.4, -0.2) is 23.3 Å². The van der Waals surface area contributed by atoms with Crippen LogP contribution in [-0.2, 0) is 4.79 Å². The summed E-state index contributed by atoms with van der Waals surface area (Å²) < 4.78 is 5.23.